The molecule has 2 N–H and O–H groups in total. The Labute approximate surface area is 134 Å². The third-order valence-electron chi connectivity index (χ3n) is 3.04. The molecule has 1 heterocycles. The molecule has 1 amide bonds. The number of hydrogen-bond donors (Lipinski definition) is 2. The van der Waals surface area contributed by atoms with Crippen LogP contribution in [0.4, 0.5) is 5.69 Å². The third kappa shape index (κ3) is 2.94. The van der Waals surface area contributed by atoms with Crippen molar-refractivity contribution in [1.82, 2.24) is 9.97 Å². The number of carbonyl (C=O) groups is 1. The molecule has 0 atom stereocenters. The quantitative estimate of drug-likeness (QED) is 0.701. The van der Waals surface area contributed by atoms with E-state index in [9.17, 15) is 4.79 Å². The number of H-pyrrole nitrogens is 1. The lowest BCUT2D eigenvalue weighted by molar-refractivity contribution is 0.102. The Balaban J connectivity index is 1.86. The first kappa shape index (κ1) is 14.1. The lowest BCUT2D eigenvalue weighted by atomic mass is 10.2. The van der Waals surface area contributed by atoms with Crippen LogP contribution in [0.2, 0.25) is 5.02 Å². The van der Waals surface area contributed by atoms with Crippen molar-refractivity contribution in [3.63, 3.8) is 0 Å². The number of nitrogens with one attached hydrogen (secondary N) is 2. The van der Waals surface area contributed by atoms with E-state index in [4.69, 9.17) is 11.6 Å². The smallest absolute Gasteiger partial charge is 0.255 e. The number of aromatic amines is 1. The number of aromatic nitrogens is 2. The second-order valence-corrected chi connectivity index (χ2v) is 5.90. The van der Waals surface area contributed by atoms with Crippen LogP contribution in [0.15, 0.2) is 40.9 Å². The zero-order valence-electron chi connectivity index (χ0n) is 11.1. The first-order chi connectivity index (χ1) is 10.0. The zero-order chi connectivity index (χ0) is 15.0. The molecule has 21 heavy (non-hydrogen) atoms. The van der Waals surface area contributed by atoms with Crippen LogP contribution < -0.4 is 5.32 Å². The van der Waals surface area contributed by atoms with E-state index < -0.39 is 0 Å². The third-order valence-corrected chi connectivity index (χ3v) is 4.27. The van der Waals surface area contributed by atoms with E-state index in [1.54, 1.807) is 18.2 Å². The zero-order valence-corrected chi connectivity index (χ0v) is 13.4. The van der Waals surface area contributed by atoms with Crippen molar-refractivity contribution >= 4 is 50.2 Å². The molecular formula is C15H11BrClN3O. The minimum atomic E-state index is -0.208. The molecule has 2 aromatic carbocycles. The van der Waals surface area contributed by atoms with Gasteiger partial charge >= 0.3 is 0 Å². The minimum Gasteiger partial charge on any atom is -0.342 e. The highest BCUT2D eigenvalue weighted by Gasteiger charge is 2.09. The number of nitrogens with zero attached hydrogens (tertiary/aromatic N) is 1. The summed E-state index contributed by atoms with van der Waals surface area (Å²) in [5.41, 5.74) is 2.97. The maximum atomic E-state index is 12.2. The molecule has 0 saturated carbocycles. The van der Waals surface area contributed by atoms with Gasteiger partial charge in [0.15, 0.2) is 0 Å². The van der Waals surface area contributed by atoms with Crippen molar-refractivity contribution in [1.29, 1.82) is 0 Å². The number of halogens is 2. The van der Waals surface area contributed by atoms with Gasteiger partial charge in [0.2, 0.25) is 0 Å². The monoisotopic (exact) mass is 363 g/mol. The van der Waals surface area contributed by atoms with Crippen LogP contribution in [-0.2, 0) is 0 Å². The van der Waals surface area contributed by atoms with Crippen LogP contribution >= 0.6 is 27.5 Å². The van der Waals surface area contributed by atoms with E-state index in [-0.39, 0.29) is 5.91 Å². The Morgan fingerprint density at radius 1 is 1.29 bits per heavy atom. The lowest BCUT2D eigenvalue weighted by Crippen LogP contribution is -2.11. The average molecular weight is 365 g/mol. The van der Waals surface area contributed by atoms with Gasteiger partial charge in [0.25, 0.3) is 5.91 Å². The number of aryl methyl sites for hydroxylation is 1. The molecule has 0 aliphatic rings. The maximum absolute atomic E-state index is 12.2. The fourth-order valence-corrected chi connectivity index (χ4v) is 2.48. The molecule has 0 unspecified atom stereocenters. The first-order valence-electron chi connectivity index (χ1n) is 6.26. The van der Waals surface area contributed by atoms with Gasteiger partial charge in [-0.05, 0) is 59.3 Å². The second kappa shape index (κ2) is 5.50. The maximum Gasteiger partial charge on any atom is 0.255 e. The van der Waals surface area contributed by atoms with Crippen LogP contribution in [-0.4, -0.2) is 15.9 Å². The Hall–Kier alpha value is -1.85. The largest absolute Gasteiger partial charge is 0.342 e. The van der Waals surface area contributed by atoms with Crippen molar-refractivity contribution in [3.05, 3.63) is 57.3 Å². The lowest BCUT2D eigenvalue weighted by Gasteiger charge is -2.06. The summed E-state index contributed by atoms with van der Waals surface area (Å²) in [5.74, 6) is 0.633. The van der Waals surface area contributed by atoms with Gasteiger partial charge in [-0.1, -0.05) is 11.6 Å². The van der Waals surface area contributed by atoms with Gasteiger partial charge in [-0.2, -0.15) is 0 Å². The molecule has 0 aliphatic carbocycles. The number of hydrogen-bond acceptors (Lipinski definition) is 2. The highest BCUT2D eigenvalue weighted by Crippen LogP contribution is 2.24. The molecule has 1 aromatic heterocycles. The Morgan fingerprint density at radius 3 is 2.86 bits per heavy atom. The van der Waals surface area contributed by atoms with E-state index in [1.165, 1.54) is 0 Å². The summed E-state index contributed by atoms with van der Waals surface area (Å²) in [6.07, 6.45) is 0. The van der Waals surface area contributed by atoms with Crippen molar-refractivity contribution in [3.8, 4) is 0 Å². The first-order valence-corrected chi connectivity index (χ1v) is 7.43. The second-order valence-electron chi connectivity index (χ2n) is 4.64. The Morgan fingerprint density at radius 2 is 2.10 bits per heavy atom. The van der Waals surface area contributed by atoms with Crippen molar-refractivity contribution in [2.75, 3.05) is 5.32 Å². The van der Waals surface area contributed by atoms with E-state index in [0.717, 1.165) is 21.3 Å². The molecule has 6 heteroatoms. The van der Waals surface area contributed by atoms with Gasteiger partial charge in [0.05, 0.1) is 16.1 Å². The molecule has 0 aliphatic heterocycles. The van der Waals surface area contributed by atoms with E-state index in [1.807, 2.05) is 25.1 Å². The number of benzene rings is 2. The average Bonchev–Trinajstić information content (AvgIpc) is 2.81. The summed E-state index contributed by atoms with van der Waals surface area (Å²) in [4.78, 5) is 19.7. The molecule has 4 nitrogen and oxygen atoms in total. The Kier molecular flexibility index (Phi) is 3.69. The number of anilines is 1. The van der Waals surface area contributed by atoms with Crippen LogP contribution in [0.3, 0.4) is 0 Å². The summed E-state index contributed by atoms with van der Waals surface area (Å²) >= 11 is 9.30. The highest BCUT2D eigenvalue weighted by molar-refractivity contribution is 9.10. The molecule has 0 saturated heterocycles. The Bertz CT molecular complexity index is 844. The van der Waals surface area contributed by atoms with E-state index in [0.29, 0.717) is 16.3 Å². The highest BCUT2D eigenvalue weighted by atomic mass is 79.9. The van der Waals surface area contributed by atoms with Crippen molar-refractivity contribution < 1.29 is 4.79 Å². The van der Waals surface area contributed by atoms with Crippen LogP contribution in [0, 0.1) is 6.92 Å². The fraction of sp³-hybridized carbons (Fsp3) is 0.0667. The van der Waals surface area contributed by atoms with Crippen molar-refractivity contribution in [2.45, 2.75) is 6.92 Å². The standard InChI is InChI=1S/C15H11BrClN3O/c1-8-18-13-5-3-10(7-14(13)19-8)20-15(21)9-2-4-11(16)12(17)6-9/h2-7H,1H3,(H,18,19)(H,20,21). The molecule has 0 fully saturated rings. The topological polar surface area (TPSA) is 57.8 Å². The van der Waals surface area contributed by atoms with E-state index in [2.05, 4.69) is 31.2 Å². The van der Waals surface area contributed by atoms with Gasteiger partial charge < -0.3 is 10.3 Å². The van der Waals surface area contributed by atoms with Gasteiger partial charge in [0.1, 0.15) is 5.82 Å². The molecule has 0 bridgehead atoms. The number of imidazole rings is 1. The summed E-state index contributed by atoms with van der Waals surface area (Å²) < 4.78 is 0.759. The van der Waals surface area contributed by atoms with Crippen molar-refractivity contribution in [2.24, 2.45) is 0 Å². The predicted octanol–water partition coefficient (Wildman–Crippen LogP) is 4.54. The SMILES string of the molecule is Cc1nc2ccc(NC(=O)c3ccc(Br)c(Cl)c3)cc2[nH]1. The molecule has 0 radical (unpaired) electrons. The summed E-state index contributed by atoms with van der Waals surface area (Å²) in [7, 11) is 0. The number of carbonyl (C=O) groups excluding carboxylic acids is 1. The molecule has 0 spiro atoms. The van der Waals surface area contributed by atoms with Crippen LogP contribution in [0.5, 0.6) is 0 Å². The van der Waals surface area contributed by atoms with Gasteiger partial charge in [-0.15, -0.1) is 0 Å². The fourth-order valence-electron chi connectivity index (χ4n) is 2.06. The minimum absolute atomic E-state index is 0.208. The van der Waals surface area contributed by atoms with Crippen LogP contribution in [0.25, 0.3) is 11.0 Å². The number of amides is 1. The number of fused-ring (bicyclic) bond motifs is 1. The summed E-state index contributed by atoms with van der Waals surface area (Å²) in [5, 5.41) is 3.35. The summed E-state index contributed by atoms with van der Waals surface area (Å²) in [6.45, 7) is 1.89. The van der Waals surface area contributed by atoms with Gasteiger partial charge in [-0.25, -0.2) is 4.98 Å². The predicted molar refractivity (Wildman–Crippen MR) is 87.9 cm³/mol. The number of rotatable bonds is 2. The van der Waals surface area contributed by atoms with E-state index >= 15 is 0 Å². The molecule has 3 rings (SSSR count). The summed E-state index contributed by atoms with van der Waals surface area (Å²) in [6, 6.07) is 10.6. The van der Waals surface area contributed by atoms with Crippen LogP contribution in [0.1, 0.15) is 16.2 Å². The molecular weight excluding hydrogens is 354 g/mol. The normalized spacial score (nSPS) is 10.8. The molecule has 3 aromatic rings. The van der Waals surface area contributed by atoms with Gasteiger partial charge in [0, 0.05) is 15.7 Å². The molecule has 106 valence electrons. The van der Waals surface area contributed by atoms with Gasteiger partial charge in [-0.3, -0.25) is 4.79 Å².